The van der Waals surface area contributed by atoms with E-state index in [-0.39, 0.29) is 11.9 Å². The molecule has 172 valence electrons. The van der Waals surface area contributed by atoms with E-state index in [0.717, 1.165) is 49.7 Å². The van der Waals surface area contributed by atoms with E-state index in [1.807, 2.05) is 55.5 Å². The molecule has 6 nitrogen and oxygen atoms in total. The molecule has 4 rings (SSSR count). The number of aromatic nitrogens is 1. The summed E-state index contributed by atoms with van der Waals surface area (Å²) in [5.41, 5.74) is 3.24. The Balaban J connectivity index is 1.21. The predicted molar refractivity (Wildman–Crippen MR) is 130 cm³/mol. The lowest BCUT2D eigenvalue weighted by Gasteiger charge is -2.34. The highest BCUT2D eigenvalue weighted by molar-refractivity contribution is 5.78. The molecule has 1 aliphatic rings. The smallest absolute Gasteiger partial charge is 0.234 e. The zero-order valence-corrected chi connectivity index (χ0v) is 19.2. The SMILES string of the molecule is CC(NC(=O)CN1CCN(Cc2ccccc2)CC1)c1cccc(OCc2ccccn2)c1. The Morgan fingerprint density at radius 1 is 0.970 bits per heavy atom. The minimum absolute atomic E-state index is 0.0545. The van der Waals surface area contributed by atoms with Gasteiger partial charge in [-0.15, -0.1) is 0 Å². The maximum absolute atomic E-state index is 12.7. The molecular formula is C27H32N4O2. The summed E-state index contributed by atoms with van der Waals surface area (Å²) in [7, 11) is 0. The van der Waals surface area contributed by atoms with E-state index in [0.29, 0.717) is 13.2 Å². The molecule has 3 aromatic rings. The fourth-order valence-electron chi connectivity index (χ4n) is 4.04. The molecule has 1 fully saturated rings. The van der Waals surface area contributed by atoms with Gasteiger partial charge < -0.3 is 10.1 Å². The first-order valence-electron chi connectivity index (χ1n) is 11.6. The van der Waals surface area contributed by atoms with Crippen LogP contribution in [0.4, 0.5) is 0 Å². The van der Waals surface area contributed by atoms with Crippen molar-refractivity contribution in [2.24, 2.45) is 0 Å². The van der Waals surface area contributed by atoms with E-state index in [9.17, 15) is 4.79 Å². The fraction of sp³-hybridized carbons (Fsp3) is 0.333. The second-order valence-electron chi connectivity index (χ2n) is 8.51. The molecule has 1 unspecified atom stereocenters. The third kappa shape index (κ3) is 7.14. The molecule has 2 heterocycles. The number of nitrogens with one attached hydrogen (secondary N) is 1. The van der Waals surface area contributed by atoms with Crippen LogP contribution >= 0.6 is 0 Å². The van der Waals surface area contributed by atoms with Crippen molar-refractivity contribution < 1.29 is 9.53 Å². The zero-order valence-electron chi connectivity index (χ0n) is 19.2. The molecular weight excluding hydrogens is 412 g/mol. The zero-order chi connectivity index (χ0) is 22.9. The van der Waals surface area contributed by atoms with Crippen LogP contribution < -0.4 is 10.1 Å². The molecule has 0 saturated carbocycles. The van der Waals surface area contributed by atoms with Crippen LogP contribution in [0.2, 0.25) is 0 Å². The Kier molecular flexibility index (Phi) is 8.06. The summed E-state index contributed by atoms with van der Waals surface area (Å²) < 4.78 is 5.87. The highest BCUT2D eigenvalue weighted by atomic mass is 16.5. The van der Waals surface area contributed by atoms with Gasteiger partial charge >= 0.3 is 0 Å². The molecule has 6 heteroatoms. The average molecular weight is 445 g/mol. The number of hydrogen-bond donors (Lipinski definition) is 1. The molecule has 1 N–H and O–H groups in total. The number of amides is 1. The van der Waals surface area contributed by atoms with Gasteiger partial charge in [0.25, 0.3) is 0 Å². The Hall–Kier alpha value is -3.22. The normalized spacial score (nSPS) is 15.7. The number of pyridine rings is 1. The van der Waals surface area contributed by atoms with Crippen molar-refractivity contribution in [2.45, 2.75) is 26.1 Å². The van der Waals surface area contributed by atoms with Gasteiger partial charge in [-0.25, -0.2) is 0 Å². The van der Waals surface area contributed by atoms with Crippen molar-refractivity contribution in [3.8, 4) is 5.75 Å². The molecule has 0 radical (unpaired) electrons. The van der Waals surface area contributed by atoms with Gasteiger partial charge in [-0.2, -0.15) is 0 Å². The predicted octanol–water partition coefficient (Wildman–Crippen LogP) is 3.66. The summed E-state index contributed by atoms with van der Waals surface area (Å²) in [5, 5.41) is 3.13. The largest absolute Gasteiger partial charge is 0.487 e. The van der Waals surface area contributed by atoms with Crippen LogP contribution in [0.3, 0.4) is 0 Å². The Labute approximate surface area is 196 Å². The highest BCUT2D eigenvalue weighted by Gasteiger charge is 2.20. The molecule has 1 aliphatic heterocycles. The van der Waals surface area contributed by atoms with Gasteiger partial charge in [-0.1, -0.05) is 48.5 Å². The first-order chi connectivity index (χ1) is 16.2. The number of hydrogen-bond acceptors (Lipinski definition) is 5. The quantitative estimate of drug-likeness (QED) is 0.546. The third-order valence-electron chi connectivity index (χ3n) is 5.93. The van der Waals surface area contributed by atoms with Gasteiger partial charge in [0.1, 0.15) is 12.4 Å². The van der Waals surface area contributed by atoms with E-state index in [1.54, 1.807) is 6.20 Å². The molecule has 1 amide bonds. The molecule has 0 aliphatic carbocycles. The standard InChI is InChI=1S/C27H32N4O2/c1-22(24-10-7-12-26(18-24)33-21-25-11-5-6-13-28-25)29-27(32)20-31-16-14-30(15-17-31)19-23-8-3-2-4-9-23/h2-13,18,22H,14-17,19-21H2,1H3,(H,29,32). The number of rotatable bonds is 9. The highest BCUT2D eigenvalue weighted by Crippen LogP contribution is 2.20. The van der Waals surface area contributed by atoms with Gasteiger partial charge in [0.05, 0.1) is 18.3 Å². The topological polar surface area (TPSA) is 57.7 Å². The van der Waals surface area contributed by atoms with E-state index < -0.39 is 0 Å². The lowest BCUT2D eigenvalue weighted by molar-refractivity contribution is -0.123. The summed E-state index contributed by atoms with van der Waals surface area (Å²) in [5.74, 6) is 0.826. The monoisotopic (exact) mass is 444 g/mol. The van der Waals surface area contributed by atoms with Gasteiger partial charge in [0.15, 0.2) is 0 Å². The molecule has 0 spiro atoms. The van der Waals surface area contributed by atoms with Crippen molar-refractivity contribution in [3.63, 3.8) is 0 Å². The number of carbonyl (C=O) groups excluding carboxylic acids is 1. The van der Waals surface area contributed by atoms with E-state index in [4.69, 9.17) is 4.74 Å². The summed E-state index contributed by atoms with van der Waals surface area (Å²) in [4.78, 5) is 21.6. The minimum atomic E-state index is -0.0877. The van der Waals surface area contributed by atoms with Crippen molar-refractivity contribution >= 4 is 5.91 Å². The molecule has 1 aromatic heterocycles. The van der Waals surface area contributed by atoms with E-state index in [1.165, 1.54) is 5.56 Å². The summed E-state index contributed by atoms with van der Waals surface area (Å²) in [6.07, 6.45) is 1.76. The Bertz CT molecular complexity index is 1000. The molecule has 1 saturated heterocycles. The first kappa shape index (κ1) is 23.0. The minimum Gasteiger partial charge on any atom is -0.487 e. The third-order valence-corrected chi connectivity index (χ3v) is 5.93. The van der Waals surface area contributed by atoms with Crippen LogP contribution in [-0.4, -0.2) is 53.4 Å². The second kappa shape index (κ2) is 11.6. The van der Waals surface area contributed by atoms with Crippen LogP contribution in [0, 0.1) is 0 Å². The van der Waals surface area contributed by atoms with E-state index >= 15 is 0 Å². The van der Waals surface area contributed by atoms with Crippen molar-refractivity contribution in [3.05, 3.63) is 95.8 Å². The van der Waals surface area contributed by atoms with Crippen LogP contribution in [0.15, 0.2) is 79.0 Å². The molecule has 1 atom stereocenters. The number of piperazine rings is 1. The molecule has 2 aromatic carbocycles. The maximum atomic E-state index is 12.7. The van der Waals surface area contributed by atoms with Gasteiger partial charge in [0.2, 0.25) is 5.91 Å². The van der Waals surface area contributed by atoms with Crippen molar-refractivity contribution in [1.82, 2.24) is 20.1 Å². The fourth-order valence-corrected chi connectivity index (χ4v) is 4.04. The number of nitrogens with zero attached hydrogens (tertiary/aromatic N) is 3. The lowest BCUT2D eigenvalue weighted by atomic mass is 10.1. The van der Waals surface area contributed by atoms with Crippen LogP contribution in [-0.2, 0) is 17.9 Å². The number of benzene rings is 2. The van der Waals surface area contributed by atoms with Gasteiger partial charge in [-0.05, 0) is 42.3 Å². The maximum Gasteiger partial charge on any atom is 0.234 e. The summed E-state index contributed by atoms with van der Waals surface area (Å²) >= 11 is 0. The number of ether oxygens (including phenoxy) is 1. The summed E-state index contributed by atoms with van der Waals surface area (Å²) in [6, 6.07) is 24.1. The van der Waals surface area contributed by atoms with Crippen LogP contribution in [0.5, 0.6) is 5.75 Å². The van der Waals surface area contributed by atoms with Gasteiger partial charge in [0, 0.05) is 38.9 Å². The number of carbonyl (C=O) groups is 1. The van der Waals surface area contributed by atoms with Crippen molar-refractivity contribution in [2.75, 3.05) is 32.7 Å². The summed E-state index contributed by atoms with van der Waals surface area (Å²) in [6.45, 7) is 7.60. The molecule has 0 bridgehead atoms. The lowest BCUT2D eigenvalue weighted by Crippen LogP contribution is -2.49. The average Bonchev–Trinajstić information content (AvgIpc) is 2.85. The second-order valence-corrected chi connectivity index (χ2v) is 8.51. The Morgan fingerprint density at radius 3 is 2.48 bits per heavy atom. The van der Waals surface area contributed by atoms with E-state index in [2.05, 4.69) is 44.4 Å². The van der Waals surface area contributed by atoms with Gasteiger partial charge in [-0.3, -0.25) is 19.6 Å². The van der Waals surface area contributed by atoms with Crippen molar-refractivity contribution in [1.29, 1.82) is 0 Å². The molecule has 33 heavy (non-hydrogen) atoms. The Morgan fingerprint density at radius 2 is 1.73 bits per heavy atom. The van der Waals surface area contributed by atoms with Crippen LogP contribution in [0.25, 0.3) is 0 Å². The first-order valence-corrected chi connectivity index (χ1v) is 11.6. The van der Waals surface area contributed by atoms with Crippen LogP contribution in [0.1, 0.15) is 29.8 Å².